The Morgan fingerprint density at radius 1 is 1.50 bits per heavy atom. The maximum atomic E-state index is 10.9. The standard InChI is InChI=1S/C9H17NO2/c1-4-8-12-9(11)6-5-7-10(2)3/h5-6H,4,7-8H2,1-3H3. The van der Waals surface area contributed by atoms with Crippen molar-refractivity contribution in [1.82, 2.24) is 4.90 Å². The van der Waals surface area contributed by atoms with E-state index in [2.05, 4.69) is 0 Å². The Kier molecular flexibility index (Phi) is 6.38. The number of rotatable bonds is 5. The second kappa shape index (κ2) is 6.85. The molecule has 3 heteroatoms. The summed E-state index contributed by atoms with van der Waals surface area (Å²) >= 11 is 0. The van der Waals surface area contributed by atoms with Gasteiger partial charge >= 0.3 is 5.97 Å². The normalized spacial score (nSPS) is 11.0. The highest BCUT2D eigenvalue weighted by atomic mass is 16.5. The van der Waals surface area contributed by atoms with E-state index in [1.165, 1.54) is 6.08 Å². The number of carbonyl (C=O) groups is 1. The monoisotopic (exact) mass is 171 g/mol. The van der Waals surface area contributed by atoms with Gasteiger partial charge < -0.3 is 9.64 Å². The first-order valence-corrected chi connectivity index (χ1v) is 4.14. The van der Waals surface area contributed by atoms with Crippen molar-refractivity contribution in [1.29, 1.82) is 0 Å². The molecule has 0 aromatic carbocycles. The Morgan fingerprint density at radius 2 is 2.17 bits per heavy atom. The predicted octanol–water partition coefficient (Wildman–Crippen LogP) is 1.06. The minimum atomic E-state index is -0.251. The summed E-state index contributed by atoms with van der Waals surface area (Å²) in [5, 5.41) is 0. The summed E-state index contributed by atoms with van der Waals surface area (Å²) < 4.78 is 4.83. The van der Waals surface area contributed by atoms with Crippen molar-refractivity contribution >= 4 is 5.97 Å². The lowest BCUT2D eigenvalue weighted by atomic mass is 10.4. The smallest absolute Gasteiger partial charge is 0.330 e. The molecule has 0 aliphatic carbocycles. The van der Waals surface area contributed by atoms with Gasteiger partial charge in [0.1, 0.15) is 0 Å². The molecular formula is C9H17NO2. The van der Waals surface area contributed by atoms with Gasteiger partial charge in [-0.2, -0.15) is 0 Å². The van der Waals surface area contributed by atoms with Crippen LogP contribution < -0.4 is 0 Å². The number of hydrogen-bond acceptors (Lipinski definition) is 3. The highest BCUT2D eigenvalue weighted by molar-refractivity contribution is 5.81. The third-order valence-corrected chi connectivity index (χ3v) is 1.17. The third-order valence-electron chi connectivity index (χ3n) is 1.17. The van der Waals surface area contributed by atoms with Crippen LogP contribution in [-0.4, -0.2) is 38.1 Å². The molecule has 0 unspecified atom stereocenters. The molecule has 0 heterocycles. The predicted molar refractivity (Wildman–Crippen MR) is 48.9 cm³/mol. The molecule has 3 nitrogen and oxygen atoms in total. The van der Waals surface area contributed by atoms with E-state index in [1.807, 2.05) is 25.9 Å². The molecule has 0 N–H and O–H groups in total. The highest BCUT2D eigenvalue weighted by Gasteiger charge is 1.93. The molecule has 0 bridgehead atoms. The second-order valence-corrected chi connectivity index (χ2v) is 2.83. The minimum absolute atomic E-state index is 0.251. The third kappa shape index (κ3) is 7.28. The van der Waals surface area contributed by atoms with Crippen molar-refractivity contribution < 1.29 is 9.53 Å². The molecule has 0 spiro atoms. The van der Waals surface area contributed by atoms with Gasteiger partial charge in [-0.05, 0) is 20.5 Å². The van der Waals surface area contributed by atoms with Crippen LogP contribution in [-0.2, 0) is 9.53 Å². The van der Waals surface area contributed by atoms with Crippen LogP contribution in [0.4, 0.5) is 0 Å². The van der Waals surface area contributed by atoms with Crippen molar-refractivity contribution in [2.24, 2.45) is 0 Å². The summed E-state index contributed by atoms with van der Waals surface area (Å²) in [6.45, 7) is 3.24. The maximum Gasteiger partial charge on any atom is 0.330 e. The molecule has 0 aliphatic rings. The summed E-state index contributed by atoms with van der Waals surface area (Å²) in [6, 6.07) is 0. The number of nitrogens with zero attached hydrogens (tertiary/aromatic N) is 1. The van der Waals surface area contributed by atoms with Crippen LogP contribution in [0, 0.1) is 0 Å². The van der Waals surface area contributed by atoms with Crippen molar-refractivity contribution in [2.45, 2.75) is 13.3 Å². The lowest BCUT2D eigenvalue weighted by Gasteiger charge is -2.03. The van der Waals surface area contributed by atoms with Crippen molar-refractivity contribution in [3.63, 3.8) is 0 Å². The fraction of sp³-hybridized carbons (Fsp3) is 0.667. The van der Waals surface area contributed by atoms with Gasteiger partial charge in [-0.1, -0.05) is 13.0 Å². The largest absolute Gasteiger partial charge is 0.463 e. The van der Waals surface area contributed by atoms with Gasteiger partial charge in [0.05, 0.1) is 6.61 Å². The molecule has 70 valence electrons. The van der Waals surface area contributed by atoms with Gasteiger partial charge in [0.15, 0.2) is 0 Å². The summed E-state index contributed by atoms with van der Waals surface area (Å²) in [7, 11) is 3.89. The summed E-state index contributed by atoms with van der Waals surface area (Å²) in [6.07, 6.45) is 4.13. The van der Waals surface area contributed by atoms with E-state index >= 15 is 0 Å². The molecule has 0 rings (SSSR count). The average molecular weight is 171 g/mol. The highest BCUT2D eigenvalue weighted by Crippen LogP contribution is 1.85. The lowest BCUT2D eigenvalue weighted by molar-refractivity contribution is -0.137. The molecule has 0 aromatic rings. The molecule has 0 saturated carbocycles. The number of esters is 1. The quantitative estimate of drug-likeness (QED) is 0.457. The molecule has 0 amide bonds. The number of carbonyl (C=O) groups excluding carboxylic acids is 1. The van der Waals surface area contributed by atoms with E-state index in [0.29, 0.717) is 6.61 Å². The average Bonchev–Trinajstić information content (AvgIpc) is 2.00. The fourth-order valence-electron chi connectivity index (χ4n) is 0.611. The van der Waals surface area contributed by atoms with Gasteiger partial charge in [-0.25, -0.2) is 4.79 Å². The van der Waals surface area contributed by atoms with Gasteiger partial charge in [0.2, 0.25) is 0 Å². The SMILES string of the molecule is CCCOC(=O)C=CCN(C)C. The van der Waals surface area contributed by atoms with Crippen LogP contribution in [0.1, 0.15) is 13.3 Å². The van der Waals surface area contributed by atoms with Crippen LogP contribution in [0.5, 0.6) is 0 Å². The first kappa shape index (κ1) is 11.2. The van der Waals surface area contributed by atoms with Crippen LogP contribution in [0.3, 0.4) is 0 Å². The molecule has 12 heavy (non-hydrogen) atoms. The van der Waals surface area contributed by atoms with Crippen LogP contribution in [0.2, 0.25) is 0 Å². The summed E-state index contributed by atoms with van der Waals surface area (Å²) in [4.78, 5) is 12.8. The van der Waals surface area contributed by atoms with Gasteiger partial charge in [-0.15, -0.1) is 0 Å². The zero-order valence-electron chi connectivity index (χ0n) is 8.04. The Morgan fingerprint density at radius 3 is 2.67 bits per heavy atom. The van der Waals surface area contributed by atoms with Crippen molar-refractivity contribution in [3.8, 4) is 0 Å². The van der Waals surface area contributed by atoms with Gasteiger partial charge in [0, 0.05) is 12.6 Å². The van der Waals surface area contributed by atoms with E-state index in [0.717, 1.165) is 13.0 Å². The molecule has 0 atom stereocenters. The summed E-state index contributed by atoms with van der Waals surface area (Å²) in [5.41, 5.74) is 0. The zero-order chi connectivity index (χ0) is 9.40. The van der Waals surface area contributed by atoms with Gasteiger partial charge in [-0.3, -0.25) is 0 Å². The number of ether oxygens (including phenoxy) is 1. The topological polar surface area (TPSA) is 29.5 Å². The van der Waals surface area contributed by atoms with Crippen LogP contribution in [0.25, 0.3) is 0 Å². The molecular weight excluding hydrogens is 154 g/mol. The molecule has 0 saturated heterocycles. The van der Waals surface area contributed by atoms with E-state index in [1.54, 1.807) is 6.08 Å². The van der Waals surface area contributed by atoms with Crippen molar-refractivity contribution in [3.05, 3.63) is 12.2 Å². The van der Waals surface area contributed by atoms with E-state index in [4.69, 9.17) is 4.74 Å². The van der Waals surface area contributed by atoms with E-state index < -0.39 is 0 Å². The Labute approximate surface area is 74.0 Å². The molecule has 0 aromatic heterocycles. The molecule has 0 radical (unpaired) electrons. The first-order valence-electron chi connectivity index (χ1n) is 4.14. The van der Waals surface area contributed by atoms with Gasteiger partial charge in [0.25, 0.3) is 0 Å². The maximum absolute atomic E-state index is 10.9. The van der Waals surface area contributed by atoms with E-state index in [-0.39, 0.29) is 5.97 Å². The fourth-order valence-corrected chi connectivity index (χ4v) is 0.611. The van der Waals surface area contributed by atoms with Crippen LogP contribution in [0.15, 0.2) is 12.2 Å². The Hall–Kier alpha value is -0.830. The first-order chi connectivity index (χ1) is 5.66. The zero-order valence-corrected chi connectivity index (χ0v) is 8.04. The lowest BCUT2D eigenvalue weighted by Crippen LogP contribution is -2.11. The number of hydrogen-bond donors (Lipinski definition) is 0. The number of likely N-dealkylation sites (N-methyl/N-ethyl adjacent to an activating group) is 1. The Bertz CT molecular complexity index is 153. The van der Waals surface area contributed by atoms with E-state index in [9.17, 15) is 4.79 Å². The van der Waals surface area contributed by atoms with Crippen LogP contribution >= 0.6 is 0 Å². The summed E-state index contributed by atoms with van der Waals surface area (Å²) in [5.74, 6) is -0.251. The molecule has 0 fully saturated rings. The minimum Gasteiger partial charge on any atom is -0.463 e. The molecule has 0 aliphatic heterocycles. The second-order valence-electron chi connectivity index (χ2n) is 2.83. The van der Waals surface area contributed by atoms with Crippen molar-refractivity contribution in [2.75, 3.05) is 27.2 Å². The Balaban J connectivity index is 3.47.